The van der Waals surface area contributed by atoms with Crippen molar-refractivity contribution in [3.8, 4) is 0 Å². The second-order valence-corrected chi connectivity index (χ2v) is 3.97. The van der Waals surface area contributed by atoms with Crippen LogP contribution < -0.4 is 0 Å². The number of rotatable bonds is 1. The molecule has 0 aliphatic carbocycles. The highest BCUT2D eigenvalue weighted by atomic mass is 79.9. The van der Waals surface area contributed by atoms with Gasteiger partial charge < -0.3 is 4.74 Å². The lowest BCUT2D eigenvalue weighted by Crippen LogP contribution is -2.02. The summed E-state index contributed by atoms with van der Waals surface area (Å²) in [6.45, 7) is 1.87. The molecule has 0 unspecified atom stereocenters. The molecule has 0 radical (unpaired) electrons. The SMILES string of the molecule is Cc1ccccc1C1=C(Br)C(=O)OC1=O. The van der Waals surface area contributed by atoms with Crippen molar-refractivity contribution < 1.29 is 14.3 Å². The lowest BCUT2D eigenvalue weighted by atomic mass is 10.0. The van der Waals surface area contributed by atoms with Gasteiger partial charge in [0.2, 0.25) is 0 Å². The summed E-state index contributed by atoms with van der Waals surface area (Å²) >= 11 is 3.07. The van der Waals surface area contributed by atoms with Gasteiger partial charge in [0.05, 0.1) is 5.57 Å². The van der Waals surface area contributed by atoms with E-state index in [9.17, 15) is 9.59 Å². The summed E-state index contributed by atoms with van der Waals surface area (Å²) in [6, 6.07) is 7.34. The van der Waals surface area contributed by atoms with Gasteiger partial charge in [0.15, 0.2) is 0 Å². The van der Waals surface area contributed by atoms with Crippen molar-refractivity contribution in [2.24, 2.45) is 0 Å². The molecule has 1 aliphatic rings. The smallest absolute Gasteiger partial charge is 0.354 e. The molecule has 1 aromatic rings. The van der Waals surface area contributed by atoms with Gasteiger partial charge in [0, 0.05) is 0 Å². The molecule has 0 spiro atoms. The van der Waals surface area contributed by atoms with Gasteiger partial charge in [-0.05, 0) is 34.0 Å². The Bertz CT molecular complexity index is 488. The van der Waals surface area contributed by atoms with Crippen molar-refractivity contribution in [2.75, 3.05) is 0 Å². The highest BCUT2D eigenvalue weighted by Gasteiger charge is 2.32. The van der Waals surface area contributed by atoms with Crippen molar-refractivity contribution >= 4 is 33.4 Å². The minimum Gasteiger partial charge on any atom is -0.385 e. The molecule has 4 heteroatoms. The molecule has 0 N–H and O–H groups in total. The molecular formula is C11H7BrO3. The monoisotopic (exact) mass is 266 g/mol. The lowest BCUT2D eigenvalue weighted by molar-refractivity contribution is -0.149. The lowest BCUT2D eigenvalue weighted by Gasteiger charge is -2.03. The number of esters is 2. The zero-order valence-corrected chi connectivity index (χ0v) is 9.50. The largest absolute Gasteiger partial charge is 0.385 e. The molecule has 3 nitrogen and oxygen atoms in total. The fourth-order valence-corrected chi connectivity index (χ4v) is 1.91. The van der Waals surface area contributed by atoms with Crippen LogP contribution in [0.3, 0.4) is 0 Å². The molecule has 15 heavy (non-hydrogen) atoms. The van der Waals surface area contributed by atoms with Crippen LogP contribution in [0.1, 0.15) is 11.1 Å². The predicted octanol–water partition coefficient (Wildman–Crippen LogP) is 2.18. The second kappa shape index (κ2) is 3.62. The van der Waals surface area contributed by atoms with Crippen LogP contribution >= 0.6 is 15.9 Å². The van der Waals surface area contributed by atoms with E-state index in [1.807, 2.05) is 25.1 Å². The topological polar surface area (TPSA) is 43.4 Å². The van der Waals surface area contributed by atoms with Gasteiger partial charge in [0.25, 0.3) is 0 Å². The zero-order valence-electron chi connectivity index (χ0n) is 7.91. The Morgan fingerprint density at radius 3 is 2.33 bits per heavy atom. The summed E-state index contributed by atoms with van der Waals surface area (Å²) in [6.07, 6.45) is 0. The van der Waals surface area contributed by atoms with Gasteiger partial charge >= 0.3 is 11.9 Å². The third-order valence-electron chi connectivity index (χ3n) is 2.20. The summed E-state index contributed by atoms with van der Waals surface area (Å²) in [5, 5.41) is 0. The van der Waals surface area contributed by atoms with Gasteiger partial charge in [-0.2, -0.15) is 0 Å². The van der Waals surface area contributed by atoms with Crippen molar-refractivity contribution in [3.63, 3.8) is 0 Å². The Labute approximate surface area is 94.9 Å². The minimum atomic E-state index is -0.627. The maximum absolute atomic E-state index is 11.4. The van der Waals surface area contributed by atoms with Crippen LogP contribution in [0.5, 0.6) is 0 Å². The molecule has 2 rings (SSSR count). The number of hydrogen-bond acceptors (Lipinski definition) is 3. The van der Waals surface area contributed by atoms with E-state index in [2.05, 4.69) is 20.7 Å². The first-order valence-corrected chi connectivity index (χ1v) is 5.13. The van der Waals surface area contributed by atoms with Crippen LogP contribution in [0, 0.1) is 6.92 Å². The summed E-state index contributed by atoms with van der Waals surface area (Å²) in [4.78, 5) is 22.5. The molecule has 1 aliphatic heterocycles. The van der Waals surface area contributed by atoms with E-state index < -0.39 is 11.9 Å². The third kappa shape index (κ3) is 1.61. The van der Waals surface area contributed by atoms with Crippen LogP contribution in [0.2, 0.25) is 0 Å². The highest BCUT2D eigenvalue weighted by molar-refractivity contribution is 9.12. The van der Waals surface area contributed by atoms with Gasteiger partial charge in [-0.3, -0.25) is 0 Å². The van der Waals surface area contributed by atoms with Crippen molar-refractivity contribution in [3.05, 3.63) is 39.9 Å². The van der Waals surface area contributed by atoms with E-state index in [1.54, 1.807) is 6.07 Å². The first-order chi connectivity index (χ1) is 7.11. The Morgan fingerprint density at radius 2 is 1.80 bits per heavy atom. The number of ether oxygens (including phenoxy) is 1. The number of benzene rings is 1. The molecule has 0 saturated carbocycles. The average Bonchev–Trinajstić information content (AvgIpc) is 2.43. The summed E-state index contributed by atoms with van der Waals surface area (Å²) in [7, 11) is 0. The third-order valence-corrected chi connectivity index (χ3v) is 2.92. The molecule has 0 bridgehead atoms. The molecular weight excluding hydrogens is 260 g/mol. The fraction of sp³-hybridized carbons (Fsp3) is 0.0909. The maximum Gasteiger partial charge on any atom is 0.354 e. The highest BCUT2D eigenvalue weighted by Crippen LogP contribution is 2.32. The predicted molar refractivity (Wildman–Crippen MR) is 58.1 cm³/mol. The molecule has 1 aromatic carbocycles. The molecule has 0 fully saturated rings. The van der Waals surface area contributed by atoms with E-state index in [0.29, 0.717) is 5.57 Å². The standard InChI is InChI=1S/C11H7BrO3/c1-6-4-2-3-5-7(6)8-9(12)11(14)15-10(8)13/h2-5H,1H3. The summed E-state index contributed by atoms with van der Waals surface area (Å²) < 4.78 is 4.69. The summed E-state index contributed by atoms with van der Waals surface area (Å²) in [5.74, 6) is -1.22. The Kier molecular flexibility index (Phi) is 2.44. The average molecular weight is 267 g/mol. The van der Waals surface area contributed by atoms with E-state index in [4.69, 9.17) is 0 Å². The van der Waals surface area contributed by atoms with E-state index in [0.717, 1.165) is 11.1 Å². The van der Waals surface area contributed by atoms with Gasteiger partial charge in [-0.25, -0.2) is 9.59 Å². The first-order valence-electron chi connectivity index (χ1n) is 4.33. The number of aryl methyl sites for hydroxylation is 1. The zero-order chi connectivity index (χ0) is 11.0. The molecule has 1 heterocycles. The van der Waals surface area contributed by atoms with E-state index in [1.165, 1.54) is 0 Å². The quantitative estimate of drug-likeness (QED) is 0.578. The molecule has 0 saturated heterocycles. The van der Waals surface area contributed by atoms with Crippen LogP contribution in [0.25, 0.3) is 5.57 Å². The number of carbonyl (C=O) groups is 2. The van der Waals surface area contributed by atoms with Crippen LogP contribution in [0.15, 0.2) is 28.7 Å². The van der Waals surface area contributed by atoms with E-state index >= 15 is 0 Å². The Balaban J connectivity index is 2.62. The van der Waals surface area contributed by atoms with Crippen LogP contribution in [-0.4, -0.2) is 11.9 Å². The van der Waals surface area contributed by atoms with Crippen LogP contribution in [-0.2, 0) is 14.3 Å². The molecule has 0 atom stereocenters. The van der Waals surface area contributed by atoms with Gasteiger partial charge in [-0.1, -0.05) is 24.3 Å². The Hall–Kier alpha value is -1.42. The van der Waals surface area contributed by atoms with E-state index in [-0.39, 0.29) is 4.48 Å². The Morgan fingerprint density at radius 1 is 1.13 bits per heavy atom. The fourth-order valence-electron chi connectivity index (χ4n) is 1.45. The molecule has 0 amide bonds. The van der Waals surface area contributed by atoms with Crippen molar-refractivity contribution in [1.29, 1.82) is 0 Å². The minimum absolute atomic E-state index is 0.196. The van der Waals surface area contributed by atoms with Gasteiger partial charge in [-0.15, -0.1) is 0 Å². The second-order valence-electron chi connectivity index (χ2n) is 3.18. The molecule has 0 aromatic heterocycles. The molecule has 76 valence electrons. The number of cyclic esters (lactones) is 2. The van der Waals surface area contributed by atoms with Crippen LogP contribution in [0.4, 0.5) is 0 Å². The first kappa shape index (κ1) is 10.1. The van der Waals surface area contributed by atoms with Crippen molar-refractivity contribution in [1.82, 2.24) is 0 Å². The number of halogens is 1. The normalized spacial score (nSPS) is 15.9. The maximum atomic E-state index is 11.4. The number of hydrogen-bond donors (Lipinski definition) is 0. The van der Waals surface area contributed by atoms with Gasteiger partial charge in [0.1, 0.15) is 4.48 Å². The van der Waals surface area contributed by atoms with Crippen molar-refractivity contribution in [2.45, 2.75) is 6.92 Å². The summed E-state index contributed by atoms with van der Waals surface area (Å²) in [5.41, 5.74) is 1.95. The number of carbonyl (C=O) groups excluding carboxylic acids is 2.